The Hall–Kier alpha value is -0.860. The highest BCUT2D eigenvalue weighted by molar-refractivity contribution is 5.87. The largest absolute Gasteiger partial charge is 0.333 e. The van der Waals surface area contributed by atoms with E-state index in [9.17, 15) is 9.59 Å². The lowest BCUT2D eigenvalue weighted by Crippen LogP contribution is -2.50. The number of amides is 1. The highest BCUT2D eigenvalue weighted by atomic mass is 16.2. The number of rotatable bonds is 1. The van der Waals surface area contributed by atoms with Crippen LogP contribution in [0.4, 0.5) is 0 Å². The van der Waals surface area contributed by atoms with E-state index in [-0.39, 0.29) is 17.7 Å². The summed E-state index contributed by atoms with van der Waals surface area (Å²) >= 11 is 0. The number of likely N-dealkylation sites (tertiary alicyclic amines) is 1. The lowest BCUT2D eigenvalue weighted by Gasteiger charge is -2.37. The van der Waals surface area contributed by atoms with Crippen molar-refractivity contribution >= 4 is 11.7 Å². The van der Waals surface area contributed by atoms with Gasteiger partial charge in [0.2, 0.25) is 5.91 Å². The molecule has 13 heavy (non-hydrogen) atoms. The van der Waals surface area contributed by atoms with E-state index in [2.05, 4.69) is 0 Å². The maximum absolute atomic E-state index is 11.3. The molecule has 3 heteroatoms. The summed E-state index contributed by atoms with van der Waals surface area (Å²) in [5.74, 6) is 0.448. The van der Waals surface area contributed by atoms with Gasteiger partial charge >= 0.3 is 0 Å². The number of nitrogens with zero attached hydrogens (tertiary/aromatic N) is 1. The van der Waals surface area contributed by atoms with E-state index in [0.717, 1.165) is 19.4 Å². The Balaban J connectivity index is 2.80. The van der Waals surface area contributed by atoms with E-state index in [1.807, 2.05) is 6.92 Å². The van der Waals surface area contributed by atoms with E-state index >= 15 is 0 Å². The first-order valence-electron chi connectivity index (χ1n) is 4.81. The highest BCUT2D eigenvalue weighted by Gasteiger charge is 2.33. The van der Waals surface area contributed by atoms with E-state index in [1.54, 1.807) is 11.8 Å². The molecule has 0 aromatic rings. The van der Waals surface area contributed by atoms with Crippen molar-refractivity contribution in [3.05, 3.63) is 0 Å². The molecule has 0 bridgehead atoms. The van der Waals surface area contributed by atoms with Gasteiger partial charge in [-0.3, -0.25) is 9.59 Å². The Bertz CT molecular complexity index is 225. The first kappa shape index (κ1) is 10.2. The third-order valence-corrected chi connectivity index (χ3v) is 2.75. The molecular formula is C10H17NO2. The summed E-state index contributed by atoms with van der Waals surface area (Å²) in [4.78, 5) is 24.3. The fourth-order valence-corrected chi connectivity index (χ4v) is 2.16. The molecule has 0 saturated carbocycles. The molecule has 0 aromatic carbocycles. The lowest BCUT2D eigenvalue weighted by atomic mass is 9.88. The standard InChI is InChI=1S/C10H17NO2/c1-7-5-4-6-11(9(3)13)10(7)8(2)12/h7,10H,4-6H2,1-3H3. The molecule has 1 aliphatic rings. The minimum Gasteiger partial charge on any atom is -0.333 e. The topological polar surface area (TPSA) is 37.4 Å². The van der Waals surface area contributed by atoms with Crippen LogP contribution in [0, 0.1) is 5.92 Å². The van der Waals surface area contributed by atoms with Crippen molar-refractivity contribution in [3.63, 3.8) is 0 Å². The van der Waals surface area contributed by atoms with Crippen molar-refractivity contribution in [2.75, 3.05) is 6.54 Å². The van der Waals surface area contributed by atoms with Crippen molar-refractivity contribution < 1.29 is 9.59 Å². The second kappa shape index (κ2) is 3.90. The smallest absolute Gasteiger partial charge is 0.220 e. The van der Waals surface area contributed by atoms with Crippen molar-refractivity contribution in [2.24, 2.45) is 5.92 Å². The molecule has 0 aliphatic carbocycles. The van der Waals surface area contributed by atoms with E-state index < -0.39 is 0 Å². The Morgan fingerprint density at radius 3 is 2.31 bits per heavy atom. The minimum atomic E-state index is -0.175. The van der Waals surface area contributed by atoms with E-state index in [1.165, 1.54) is 6.92 Å². The van der Waals surface area contributed by atoms with Gasteiger partial charge in [-0.1, -0.05) is 6.92 Å². The number of Topliss-reactive ketones (excluding diaryl/α,β-unsaturated/α-hetero) is 1. The predicted octanol–water partition coefficient (Wildman–Crippen LogP) is 1.22. The Morgan fingerprint density at radius 1 is 1.31 bits per heavy atom. The van der Waals surface area contributed by atoms with Crippen LogP contribution in [0.3, 0.4) is 0 Å². The SMILES string of the molecule is CC(=O)C1C(C)CCCN1C(C)=O. The molecule has 0 aromatic heterocycles. The summed E-state index contributed by atoms with van der Waals surface area (Å²) in [6.45, 7) is 5.89. The zero-order valence-electron chi connectivity index (χ0n) is 8.54. The number of hydrogen-bond donors (Lipinski definition) is 0. The minimum absolute atomic E-state index is 0.0201. The van der Waals surface area contributed by atoms with Crippen molar-refractivity contribution in [2.45, 2.75) is 39.7 Å². The van der Waals surface area contributed by atoms with Gasteiger partial charge in [-0.15, -0.1) is 0 Å². The van der Waals surface area contributed by atoms with E-state index in [0.29, 0.717) is 5.92 Å². The maximum atomic E-state index is 11.3. The highest BCUT2D eigenvalue weighted by Crippen LogP contribution is 2.23. The van der Waals surface area contributed by atoms with Crippen LogP contribution in [0.5, 0.6) is 0 Å². The molecule has 0 N–H and O–H groups in total. The number of hydrogen-bond acceptors (Lipinski definition) is 2. The van der Waals surface area contributed by atoms with E-state index in [4.69, 9.17) is 0 Å². The average Bonchev–Trinajstić information content (AvgIpc) is 2.02. The van der Waals surface area contributed by atoms with Crippen LogP contribution in [0.25, 0.3) is 0 Å². The number of ketones is 1. The van der Waals surface area contributed by atoms with Gasteiger partial charge in [0.25, 0.3) is 0 Å². The lowest BCUT2D eigenvalue weighted by molar-refractivity contribution is -0.141. The number of piperidine rings is 1. The molecule has 2 atom stereocenters. The average molecular weight is 183 g/mol. The Morgan fingerprint density at radius 2 is 1.92 bits per heavy atom. The normalized spacial score (nSPS) is 28.7. The molecule has 0 radical (unpaired) electrons. The zero-order valence-corrected chi connectivity index (χ0v) is 8.54. The fourth-order valence-electron chi connectivity index (χ4n) is 2.16. The van der Waals surface area contributed by atoms with Gasteiger partial charge in [0, 0.05) is 13.5 Å². The van der Waals surface area contributed by atoms with Gasteiger partial charge in [-0.25, -0.2) is 0 Å². The molecule has 1 heterocycles. The van der Waals surface area contributed by atoms with Gasteiger partial charge in [0.15, 0.2) is 5.78 Å². The van der Waals surface area contributed by atoms with Crippen LogP contribution in [0.15, 0.2) is 0 Å². The Kier molecular flexibility index (Phi) is 3.07. The molecule has 74 valence electrons. The van der Waals surface area contributed by atoms with Crippen LogP contribution in [-0.4, -0.2) is 29.2 Å². The van der Waals surface area contributed by atoms with Gasteiger partial charge in [0.05, 0.1) is 6.04 Å². The monoisotopic (exact) mass is 183 g/mol. The number of carbonyl (C=O) groups excluding carboxylic acids is 2. The fraction of sp³-hybridized carbons (Fsp3) is 0.800. The molecule has 3 nitrogen and oxygen atoms in total. The molecule has 1 rings (SSSR count). The predicted molar refractivity (Wildman–Crippen MR) is 50.3 cm³/mol. The summed E-state index contributed by atoms with van der Waals surface area (Å²) in [7, 11) is 0. The van der Waals surface area contributed by atoms with Gasteiger partial charge in [-0.05, 0) is 25.7 Å². The first-order chi connectivity index (χ1) is 6.04. The second-order valence-corrected chi connectivity index (χ2v) is 3.89. The third-order valence-electron chi connectivity index (χ3n) is 2.75. The summed E-state index contributed by atoms with van der Waals surface area (Å²) < 4.78 is 0. The zero-order chi connectivity index (χ0) is 10.0. The van der Waals surface area contributed by atoms with Gasteiger partial charge < -0.3 is 4.90 Å². The van der Waals surface area contributed by atoms with Gasteiger partial charge in [0.1, 0.15) is 0 Å². The summed E-state index contributed by atoms with van der Waals surface area (Å²) in [5, 5.41) is 0. The van der Waals surface area contributed by atoms with Crippen LogP contribution in [0.1, 0.15) is 33.6 Å². The molecule has 1 fully saturated rings. The number of carbonyl (C=O) groups is 2. The van der Waals surface area contributed by atoms with Crippen LogP contribution < -0.4 is 0 Å². The third kappa shape index (κ3) is 2.08. The Labute approximate surface area is 79.1 Å². The quantitative estimate of drug-likeness (QED) is 0.613. The van der Waals surface area contributed by atoms with Gasteiger partial charge in [-0.2, -0.15) is 0 Å². The molecule has 2 unspecified atom stereocenters. The van der Waals surface area contributed by atoms with Crippen LogP contribution >= 0.6 is 0 Å². The molecular weight excluding hydrogens is 166 g/mol. The molecule has 1 aliphatic heterocycles. The summed E-state index contributed by atoms with van der Waals surface area (Å²) in [6, 6.07) is -0.175. The maximum Gasteiger partial charge on any atom is 0.220 e. The van der Waals surface area contributed by atoms with Crippen LogP contribution in [0.2, 0.25) is 0 Å². The molecule has 1 saturated heterocycles. The molecule has 0 spiro atoms. The van der Waals surface area contributed by atoms with Crippen molar-refractivity contribution in [1.82, 2.24) is 4.90 Å². The van der Waals surface area contributed by atoms with Crippen molar-refractivity contribution in [3.8, 4) is 0 Å². The first-order valence-corrected chi connectivity index (χ1v) is 4.81. The second-order valence-electron chi connectivity index (χ2n) is 3.89. The van der Waals surface area contributed by atoms with Crippen molar-refractivity contribution in [1.29, 1.82) is 0 Å². The molecule has 1 amide bonds. The summed E-state index contributed by atoms with van der Waals surface area (Å²) in [6.07, 6.45) is 2.07. The summed E-state index contributed by atoms with van der Waals surface area (Å²) in [5.41, 5.74) is 0. The van der Waals surface area contributed by atoms with Crippen LogP contribution in [-0.2, 0) is 9.59 Å².